The van der Waals surface area contributed by atoms with Crippen LogP contribution < -0.4 is 5.32 Å². The summed E-state index contributed by atoms with van der Waals surface area (Å²) < 4.78 is 19.0. The van der Waals surface area contributed by atoms with Gasteiger partial charge in [0.05, 0.1) is 12.6 Å². The minimum absolute atomic E-state index is 0. The van der Waals surface area contributed by atoms with Crippen molar-refractivity contribution in [1.29, 1.82) is 0 Å². The highest BCUT2D eigenvalue weighted by Gasteiger charge is 2.30. The van der Waals surface area contributed by atoms with E-state index in [9.17, 15) is 4.39 Å². The fourth-order valence-electron chi connectivity index (χ4n) is 3.35. The van der Waals surface area contributed by atoms with Gasteiger partial charge in [0, 0.05) is 0 Å². The molecular formula is C23H22ClFN2O. The molecule has 0 bridgehead atoms. The van der Waals surface area contributed by atoms with Gasteiger partial charge >= 0.3 is 0 Å². The number of hydrogen-bond donors (Lipinski definition) is 1. The maximum absolute atomic E-state index is 13.3. The van der Waals surface area contributed by atoms with Gasteiger partial charge in [0.25, 0.3) is 0 Å². The van der Waals surface area contributed by atoms with Crippen LogP contribution in [0.15, 0.2) is 89.9 Å². The molecule has 0 spiro atoms. The molecule has 1 N–H and O–H groups in total. The molecule has 0 aliphatic carbocycles. The molecule has 0 radical (unpaired) electrons. The Hall–Kier alpha value is -2.69. The van der Waals surface area contributed by atoms with Gasteiger partial charge in [0.2, 0.25) is 0 Å². The van der Waals surface area contributed by atoms with Gasteiger partial charge in [0.15, 0.2) is 0 Å². The molecule has 0 aromatic heterocycles. The molecule has 2 atom stereocenters. The van der Waals surface area contributed by atoms with Crippen molar-refractivity contribution in [1.82, 2.24) is 5.32 Å². The maximum atomic E-state index is 13.3. The lowest BCUT2D eigenvalue weighted by molar-refractivity contribution is 0.156. The Balaban J connectivity index is 0.00000225. The van der Waals surface area contributed by atoms with Crippen molar-refractivity contribution in [2.24, 2.45) is 4.99 Å². The molecule has 0 amide bonds. The monoisotopic (exact) mass is 396 g/mol. The molecule has 1 aliphatic rings. The first-order valence-electron chi connectivity index (χ1n) is 9.05. The zero-order valence-electron chi connectivity index (χ0n) is 15.3. The Morgan fingerprint density at radius 3 is 2.18 bits per heavy atom. The number of hydrogen-bond acceptors (Lipinski definition) is 3. The van der Waals surface area contributed by atoms with E-state index < -0.39 is 0 Å². The number of rotatable bonds is 6. The molecular weight excluding hydrogens is 375 g/mol. The van der Waals surface area contributed by atoms with E-state index in [0.717, 1.165) is 11.4 Å². The lowest BCUT2D eigenvalue weighted by Gasteiger charge is -2.19. The molecule has 0 saturated heterocycles. The second kappa shape index (κ2) is 9.49. The highest BCUT2D eigenvalue weighted by Crippen LogP contribution is 2.35. The lowest BCUT2D eigenvalue weighted by atomic mass is 9.95. The van der Waals surface area contributed by atoms with Crippen LogP contribution in [0.25, 0.3) is 0 Å². The van der Waals surface area contributed by atoms with E-state index in [2.05, 4.69) is 29.6 Å². The van der Waals surface area contributed by atoms with Crippen molar-refractivity contribution >= 4 is 18.2 Å². The van der Waals surface area contributed by atoms with Crippen LogP contribution in [0.5, 0.6) is 0 Å². The van der Waals surface area contributed by atoms with Gasteiger partial charge in [-0.3, -0.25) is 4.99 Å². The number of halogens is 2. The summed E-state index contributed by atoms with van der Waals surface area (Å²) in [6.45, 7) is 0.716. The molecule has 3 nitrogen and oxygen atoms in total. The minimum Gasteiger partial charge on any atom is -0.369 e. The van der Waals surface area contributed by atoms with Crippen molar-refractivity contribution in [3.8, 4) is 0 Å². The highest BCUT2D eigenvalue weighted by molar-refractivity contribution is 5.86. The molecule has 5 heteroatoms. The van der Waals surface area contributed by atoms with Gasteiger partial charge in [-0.05, 0) is 28.8 Å². The van der Waals surface area contributed by atoms with Crippen LogP contribution in [0, 0.1) is 5.82 Å². The topological polar surface area (TPSA) is 33.6 Å². The van der Waals surface area contributed by atoms with Gasteiger partial charge in [-0.15, -0.1) is 12.4 Å². The summed E-state index contributed by atoms with van der Waals surface area (Å²) >= 11 is 0. The smallest absolute Gasteiger partial charge is 0.124 e. The Kier molecular flexibility index (Phi) is 6.80. The van der Waals surface area contributed by atoms with Crippen molar-refractivity contribution in [3.05, 3.63) is 107 Å². The molecule has 4 rings (SSSR count). The van der Waals surface area contributed by atoms with Crippen molar-refractivity contribution in [2.75, 3.05) is 6.61 Å². The first-order valence-corrected chi connectivity index (χ1v) is 9.05. The Labute approximate surface area is 170 Å². The number of nitrogens with zero attached hydrogens (tertiary/aromatic N) is 1. The summed E-state index contributed by atoms with van der Waals surface area (Å²) in [5.74, 6) is 0.565. The standard InChI is InChI=1S/C23H21FN2O.ClH/c24-20-13-7-8-17(14-20)15-27-16-21-25-22(18-9-3-1-4-10-18)23(26-21)19-11-5-2-6-12-19;/h1-14,22-23H,15-16H2,(H,25,26);1H/t22-,23+;. The lowest BCUT2D eigenvalue weighted by Crippen LogP contribution is -2.27. The minimum atomic E-state index is -0.249. The fraction of sp³-hybridized carbons (Fsp3) is 0.174. The summed E-state index contributed by atoms with van der Waals surface area (Å²) in [4.78, 5) is 4.87. The van der Waals surface area contributed by atoms with Gasteiger partial charge in [-0.1, -0.05) is 72.8 Å². The van der Waals surface area contributed by atoms with Crippen LogP contribution in [0.1, 0.15) is 28.8 Å². The summed E-state index contributed by atoms with van der Waals surface area (Å²) in [6.07, 6.45) is 0. The van der Waals surface area contributed by atoms with E-state index in [1.165, 1.54) is 23.3 Å². The van der Waals surface area contributed by atoms with Gasteiger partial charge in [-0.25, -0.2) is 4.39 Å². The number of nitrogens with one attached hydrogen (secondary N) is 1. The average molecular weight is 397 g/mol. The van der Waals surface area contributed by atoms with Crippen LogP contribution in [-0.2, 0) is 11.3 Å². The van der Waals surface area contributed by atoms with Crippen LogP contribution in [0.3, 0.4) is 0 Å². The van der Waals surface area contributed by atoms with Gasteiger partial charge in [-0.2, -0.15) is 0 Å². The fourth-order valence-corrected chi connectivity index (χ4v) is 3.35. The van der Waals surface area contributed by atoms with Gasteiger partial charge in [0.1, 0.15) is 24.3 Å². The highest BCUT2D eigenvalue weighted by atomic mass is 35.5. The third-order valence-corrected chi connectivity index (χ3v) is 4.63. The Morgan fingerprint density at radius 1 is 0.821 bits per heavy atom. The van der Waals surface area contributed by atoms with Crippen molar-refractivity contribution in [3.63, 3.8) is 0 Å². The maximum Gasteiger partial charge on any atom is 0.124 e. The predicted molar refractivity (Wildman–Crippen MR) is 112 cm³/mol. The van der Waals surface area contributed by atoms with Crippen LogP contribution in [0.2, 0.25) is 0 Å². The van der Waals surface area contributed by atoms with Crippen molar-refractivity contribution < 1.29 is 9.13 Å². The van der Waals surface area contributed by atoms with E-state index in [1.54, 1.807) is 6.07 Å². The van der Waals surface area contributed by atoms with Crippen molar-refractivity contribution in [2.45, 2.75) is 18.7 Å². The first-order chi connectivity index (χ1) is 13.3. The summed E-state index contributed by atoms with van der Waals surface area (Å²) in [5, 5.41) is 3.50. The first kappa shape index (κ1) is 20.1. The zero-order chi connectivity index (χ0) is 18.5. The van der Waals surface area contributed by atoms with E-state index in [1.807, 2.05) is 42.5 Å². The molecule has 144 valence electrons. The molecule has 1 heterocycles. The number of ether oxygens (including phenoxy) is 1. The third-order valence-electron chi connectivity index (χ3n) is 4.63. The van der Waals surface area contributed by atoms with E-state index in [0.29, 0.717) is 13.2 Å². The second-order valence-corrected chi connectivity index (χ2v) is 6.59. The Morgan fingerprint density at radius 2 is 1.50 bits per heavy atom. The SMILES string of the molecule is Cl.Fc1cccc(COCC2=N[C@H](c3ccccc3)[C@H](c3ccccc3)N2)c1. The van der Waals surface area contributed by atoms with Crippen LogP contribution in [-0.4, -0.2) is 12.4 Å². The van der Waals surface area contributed by atoms with Gasteiger partial charge < -0.3 is 10.1 Å². The van der Waals surface area contributed by atoms with E-state index in [-0.39, 0.29) is 30.3 Å². The number of aliphatic imine (C=N–C) groups is 1. The third kappa shape index (κ3) is 4.77. The molecule has 3 aromatic rings. The molecule has 1 aliphatic heterocycles. The number of amidine groups is 1. The molecule has 28 heavy (non-hydrogen) atoms. The molecule has 0 unspecified atom stereocenters. The normalized spacial score (nSPS) is 18.1. The summed E-state index contributed by atoms with van der Waals surface area (Å²) in [7, 11) is 0. The van der Waals surface area contributed by atoms with E-state index in [4.69, 9.17) is 9.73 Å². The molecule has 3 aromatic carbocycles. The predicted octanol–water partition coefficient (Wildman–Crippen LogP) is 5.25. The number of benzene rings is 3. The molecule has 0 saturated carbocycles. The van der Waals surface area contributed by atoms with Crippen LogP contribution in [0.4, 0.5) is 4.39 Å². The summed E-state index contributed by atoms with van der Waals surface area (Å²) in [6, 6.07) is 27.1. The largest absolute Gasteiger partial charge is 0.369 e. The van der Waals surface area contributed by atoms with Crippen LogP contribution >= 0.6 is 12.4 Å². The zero-order valence-corrected chi connectivity index (χ0v) is 16.1. The quantitative estimate of drug-likeness (QED) is 0.617. The summed E-state index contributed by atoms with van der Waals surface area (Å²) in [5.41, 5.74) is 3.17. The van der Waals surface area contributed by atoms with E-state index >= 15 is 0 Å². The second-order valence-electron chi connectivity index (χ2n) is 6.59. The average Bonchev–Trinajstić information content (AvgIpc) is 3.14. The Bertz CT molecular complexity index is 918. The molecule has 0 fully saturated rings.